The maximum absolute atomic E-state index is 13.9. The summed E-state index contributed by atoms with van der Waals surface area (Å²) in [4.78, 5) is 31.6. The van der Waals surface area contributed by atoms with Gasteiger partial charge in [-0.25, -0.2) is 14.8 Å². The van der Waals surface area contributed by atoms with Gasteiger partial charge in [-0.05, 0) is 24.6 Å². The molecule has 39 heteroatoms. The molecule has 0 unspecified atom stereocenters. The zero-order chi connectivity index (χ0) is 52.6. The van der Waals surface area contributed by atoms with E-state index in [2.05, 4.69) is 15.3 Å². The molecule has 202 valence electrons. The van der Waals surface area contributed by atoms with Gasteiger partial charge in [-0.1, -0.05) is 18.2 Å². The van der Waals surface area contributed by atoms with Crippen molar-refractivity contribution < 1.29 is 18.8 Å². The molecule has 0 saturated carbocycles. The Labute approximate surface area is 1010 Å². The molecule has 0 fully saturated rings. The molecular weight excluding hydrogens is 1540 g/mol. The van der Waals surface area contributed by atoms with Gasteiger partial charge < -0.3 is 15.1 Å². The van der Waals surface area contributed by atoms with E-state index in [0.29, 0.717) is 16.8 Å². The molecule has 0 spiro atoms. The standard InChI is InChI=1S/C23H21FN6O4.28K/c1-13-9-17(24)20(30(32)33)10-18(13)26-23-25-11-15(22(31)34-4)21(27-23)16-12-29(28(2)3)19-8-6-5-7-14(16)19;;;;;;;;;;;;;;;;;;;;;;;;;;;;/h5-12H,1-4H3,(H,25,26,27);;;;;;;;;;;;;;;;;;;;;;;;;;;;. The number of nitro benzene ring substituents is 1. The molecule has 2 aromatic carbocycles. The maximum atomic E-state index is 13.9. The van der Waals surface area contributed by atoms with Crippen LogP contribution in [-0.4, -0.2) is 931 Å². The van der Waals surface area contributed by atoms with Crippen LogP contribution in [0, 0.1) is 22.9 Å². The summed E-state index contributed by atoms with van der Waals surface area (Å²) in [6.07, 6.45) is 3.17. The predicted molar refractivity (Wildman–Crippen MR) is 287 cm³/mol. The molecule has 0 saturated heterocycles. The molecule has 10 nitrogen and oxygen atoms in total. The number of nitro groups is 1. The second-order valence-corrected chi connectivity index (χ2v) is 7.70. The third-order valence-electron chi connectivity index (χ3n) is 5.31. The SMILES string of the molecule is COC(=O)c1cnc(Nc2cc([N+](=O)[O-])c(F)cc2C)nc1-c1cn(N(C)C)c2ccccc12.[K][K].[K][K].[K][K].[K][K].[K][K].[K][K].[K][K].[K][K].[K][K].[K][K].[K][K].[K][K].[K][K].[K][K]. The molecule has 2 heterocycles. The fourth-order valence-corrected chi connectivity index (χ4v) is 3.65. The van der Waals surface area contributed by atoms with Crippen molar-refractivity contribution in [3.63, 3.8) is 0 Å². The summed E-state index contributed by atoms with van der Waals surface area (Å²) in [6, 6.07) is 9.79. The molecular formula is C23H21FK28N6O4. The molecule has 1 N–H and O–H groups in total. The average molecular weight is 1560 g/mol. The van der Waals surface area contributed by atoms with Gasteiger partial charge in [0.15, 0.2) is 0 Å². The predicted octanol–water partition coefficient (Wildman–Crippen LogP) is -6.48. The van der Waals surface area contributed by atoms with E-state index in [1.54, 1.807) is 6.92 Å². The van der Waals surface area contributed by atoms with Crippen molar-refractivity contribution in [2.45, 2.75) is 6.92 Å². The van der Waals surface area contributed by atoms with Gasteiger partial charge in [0, 0.05) is 43.5 Å². The first-order valence-corrected chi connectivity index (χ1v) is 248. The zero-order valence-corrected chi connectivity index (χ0v) is 134. The van der Waals surface area contributed by atoms with Gasteiger partial charge in [-0.2, -0.15) is 4.39 Å². The van der Waals surface area contributed by atoms with Crippen LogP contribution in [0.25, 0.3) is 22.2 Å². The van der Waals surface area contributed by atoms with Crippen LogP contribution in [0.1, 0.15) is 15.9 Å². The van der Waals surface area contributed by atoms with E-state index in [-0.39, 0.29) is 17.2 Å². The van der Waals surface area contributed by atoms with Crippen molar-refractivity contribution in [1.82, 2.24) is 14.6 Å². The van der Waals surface area contributed by atoms with Crippen LogP contribution in [-0.2, 0) is 4.74 Å². The number of carbonyl (C=O) groups is 1. The van der Waals surface area contributed by atoms with Crippen molar-refractivity contribution in [3.05, 3.63) is 75.9 Å². The van der Waals surface area contributed by atoms with Gasteiger partial charge in [-0.3, -0.25) is 14.8 Å². The summed E-state index contributed by atoms with van der Waals surface area (Å²) >= 11 is 35.0. The number of para-hydroxylation sites is 1. The first-order chi connectivity index (χ1) is 30.2. The Morgan fingerprint density at radius 3 is 1.50 bits per heavy atom. The third kappa shape index (κ3) is 76.6. The Balaban J connectivity index is -0.0000000881. The van der Waals surface area contributed by atoms with Crippen molar-refractivity contribution in [2.75, 3.05) is 31.5 Å². The number of nitrogens with one attached hydrogen (secondary N) is 1. The van der Waals surface area contributed by atoms with Crippen LogP contribution in [0.5, 0.6) is 0 Å². The number of rotatable bonds is 6. The van der Waals surface area contributed by atoms with E-state index < -0.39 is 22.4 Å². The van der Waals surface area contributed by atoms with Gasteiger partial charge in [0.05, 0.1) is 28.9 Å². The number of hydrogen-bond acceptors (Lipinski definition) is 8. The average Bonchev–Trinajstić information content (AvgIpc) is 3.78. The molecule has 62 heavy (non-hydrogen) atoms. The zero-order valence-electron chi connectivity index (χ0n) is 46.9. The van der Waals surface area contributed by atoms with Crippen molar-refractivity contribution in [2.24, 2.45) is 0 Å². The Morgan fingerprint density at radius 2 is 1.13 bits per heavy atom. The number of halogens is 1. The van der Waals surface area contributed by atoms with Gasteiger partial charge in [0.2, 0.25) is 11.8 Å². The number of aromatic nitrogens is 3. The fourth-order valence-electron chi connectivity index (χ4n) is 3.65. The van der Waals surface area contributed by atoms with Crippen LogP contribution in [0.4, 0.5) is 21.7 Å². The van der Waals surface area contributed by atoms with Gasteiger partial charge >= 0.3 is 896 Å². The monoisotopic (exact) mass is 1560 g/mol. The number of fused-ring (bicyclic) bond motifs is 1. The van der Waals surface area contributed by atoms with E-state index in [1.807, 2.05) is 54.2 Å². The Bertz CT molecular complexity index is 1490. The van der Waals surface area contributed by atoms with Gasteiger partial charge in [0.25, 0.3) is 0 Å². The number of esters is 1. The quantitative estimate of drug-likeness (QED) is 0.0880. The summed E-state index contributed by atoms with van der Waals surface area (Å²) in [5.41, 5.74) is 2.05. The number of hydrogen-bond donors (Lipinski definition) is 1. The molecule has 0 radical (unpaired) electrons. The minimum atomic E-state index is -0.938. The summed E-state index contributed by atoms with van der Waals surface area (Å²) in [5.74, 6) is -1.47. The molecule has 4 aromatic rings. The van der Waals surface area contributed by atoms with Crippen LogP contribution in [0.2, 0.25) is 0 Å². The van der Waals surface area contributed by atoms with E-state index in [9.17, 15) is 19.3 Å². The molecule has 0 aliphatic carbocycles. The minimum absolute atomic E-state index is 0.0772. The first-order valence-electron chi connectivity index (χ1n) is 24.2. The number of ether oxygens (including phenoxy) is 1. The summed E-state index contributed by atoms with van der Waals surface area (Å²) in [7, 11) is 5.03. The number of carbonyl (C=O) groups excluding carboxylic acids is 1. The number of benzene rings is 2. The van der Waals surface area contributed by atoms with E-state index >= 15 is 0 Å². The molecule has 2 aromatic heterocycles. The van der Waals surface area contributed by atoms with E-state index in [4.69, 9.17) is 4.74 Å². The van der Waals surface area contributed by atoms with Crippen LogP contribution < -0.4 is 10.3 Å². The molecule has 0 aliphatic rings. The van der Waals surface area contributed by atoms with Crippen molar-refractivity contribution >= 4 is 918 Å². The Kier molecular flexibility index (Phi) is 236. The number of methoxy groups -OCH3 is 1. The second-order valence-electron chi connectivity index (χ2n) is 7.70. The van der Waals surface area contributed by atoms with E-state index in [1.165, 1.54) is 897 Å². The van der Waals surface area contributed by atoms with Crippen LogP contribution in [0.3, 0.4) is 0 Å². The molecule has 0 bridgehead atoms. The molecule has 4 rings (SSSR count). The summed E-state index contributed by atoms with van der Waals surface area (Å²) < 4.78 is 20.8. The molecule has 0 atom stereocenters. The second kappa shape index (κ2) is 116. The van der Waals surface area contributed by atoms with Gasteiger partial charge in [-0.15, -0.1) is 0 Å². The Hall–Kier alpha value is 41.3. The third-order valence-corrected chi connectivity index (χ3v) is 5.31. The summed E-state index contributed by atoms with van der Waals surface area (Å²) in [6.45, 7) is 1.60. The Morgan fingerprint density at radius 1 is 0.726 bits per heavy atom. The van der Waals surface area contributed by atoms with Gasteiger partial charge in [0.1, 0.15) is 5.56 Å². The molecule has 0 amide bonds. The number of aryl methyl sites for hydroxylation is 1. The number of nitrogens with zero attached hydrogens (tertiary/aromatic N) is 5. The normalized spacial score (nSPS) is 7.76. The van der Waals surface area contributed by atoms with Crippen LogP contribution >= 0.6 is 0 Å². The summed E-state index contributed by atoms with van der Waals surface area (Å²) in [5, 5.41) is 16.8. The first kappa shape index (κ1) is 127. The topological polar surface area (TPSA) is 115 Å². The molecule has 0 aliphatic heterocycles. The van der Waals surface area contributed by atoms with E-state index in [0.717, 1.165) is 23.0 Å². The fraction of sp³-hybridized carbons (Fsp3) is 0.174. The number of anilines is 2. The van der Waals surface area contributed by atoms with Crippen LogP contribution in [0.15, 0.2) is 48.8 Å². The van der Waals surface area contributed by atoms with Crippen molar-refractivity contribution in [3.8, 4) is 11.3 Å². The van der Waals surface area contributed by atoms with Crippen molar-refractivity contribution in [1.29, 1.82) is 0 Å².